The van der Waals surface area contributed by atoms with E-state index in [1.807, 2.05) is 24.3 Å². The van der Waals surface area contributed by atoms with Crippen molar-refractivity contribution < 1.29 is 33.2 Å². The maximum absolute atomic E-state index is 12.3. The summed E-state index contributed by atoms with van der Waals surface area (Å²) in [6, 6.07) is 6.80. The molecule has 4 rings (SSSR count). The predicted molar refractivity (Wildman–Crippen MR) is 103 cm³/mol. The van der Waals surface area contributed by atoms with Gasteiger partial charge in [-0.15, -0.1) is 0 Å². The third-order valence-corrected chi connectivity index (χ3v) is 5.24. The summed E-state index contributed by atoms with van der Waals surface area (Å²) in [5, 5.41) is 3.39. The summed E-state index contributed by atoms with van der Waals surface area (Å²) >= 11 is 0. The number of benzene rings is 2. The Bertz CT molecular complexity index is 918. The number of carbonyl (C=O) groups excluding carboxylic acids is 1. The van der Waals surface area contributed by atoms with E-state index < -0.39 is 6.04 Å². The van der Waals surface area contributed by atoms with Crippen LogP contribution in [0.15, 0.2) is 24.3 Å². The number of nitrogens with one attached hydrogen (secondary N) is 1. The zero-order chi connectivity index (χ0) is 20.5. The van der Waals surface area contributed by atoms with Gasteiger partial charge in [-0.05, 0) is 47.4 Å². The Morgan fingerprint density at radius 2 is 1.62 bits per heavy atom. The maximum Gasteiger partial charge on any atom is 0.323 e. The van der Waals surface area contributed by atoms with Gasteiger partial charge in [-0.25, -0.2) is 0 Å². The van der Waals surface area contributed by atoms with Crippen LogP contribution in [0, 0.1) is 0 Å². The van der Waals surface area contributed by atoms with E-state index in [0.29, 0.717) is 35.2 Å². The normalized spacial score (nSPS) is 19.3. The minimum atomic E-state index is -0.503. The molecule has 8 heteroatoms. The highest BCUT2D eigenvalue weighted by atomic mass is 16.7. The Labute approximate surface area is 168 Å². The van der Waals surface area contributed by atoms with E-state index in [0.717, 1.165) is 16.7 Å². The van der Waals surface area contributed by atoms with Gasteiger partial charge in [0.1, 0.15) is 6.04 Å². The van der Waals surface area contributed by atoms with Crippen molar-refractivity contribution in [2.75, 3.05) is 35.2 Å². The van der Waals surface area contributed by atoms with Crippen LogP contribution >= 0.6 is 0 Å². The lowest BCUT2D eigenvalue weighted by molar-refractivity contribution is -0.143. The lowest BCUT2D eigenvalue weighted by Gasteiger charge is -2.33. The van der Waals surface area contributed by atoms with Crippen LogP contribution in [0.4, 0.5) is 0 Å². The Balaban J connectivity index is 1.85. The second-order valence-electron chi connectivity index (χ2n) is 6.74. The number of ether oxygens (including phenoxy) is 6. The van der Waals surface area contributed by atoms with Crippen LogP contribution in [-0.4, -0.2) is 47.2 Å². The first kappa shape index (κ1) is 19.2. The molecule has 1 N–H and O–H groups in total. The number of fused-ring (bicyclic) bond motifs is 2. The van der Waals surface area contributed by atoms with Gasteiger partial charge in [-0.2, -0.15) is 0 Å². The van der Waals surface area contributed by atoms with Crippen molar-refractivity contribution in [3.05, 3.63) is 41.0 Å². The molecule has 0 bridgehead atoms. The summed E-state index contributed by atoms with van der Waals surface area (Å²) in [6.07, 6.45) is 0.486. The number of hydrogen-bond acceptors (Lipinski definition) is 8. The molecule has 0 saturated carbocycles. The molecule has 29 heavy (non-hydrogen) atoms. The van der Waals surface area contributed by atoms with Gasteiger partial charge in [0.15, 0.2) is 23.0 Å². The van der Waals surface area contributed by atoms with Gasteiger partial charge in [0.05, 0.1) is 34.5 Å². The van der Waals surface area contributed by atoms with Gasteiger partial charge < -0.3 is 28.4 Å². The number of esters is 1. The lowest BCUT2D eigenvalue weighted by atomic mass is 9.86. The minimum Gasteiger partial charge on any atom is -0.493 e. The molecule has 0 saturated heterocycles. The summed E-state index contributed by atoms with van der Waals surface area (Å²) in [6.45, 7) is 0.181. The third-order valence-electron chi connectivity index (χ3n) is 5.24. The van der Waals surface area contributed by atoms with Gasteiger partial charge in [0.2, 0.25) is 12.5 Å². The fourth-order valence-corrected chi connectivity index (χ4v) is 3.85. The van der Waals surface area contributed by atoms with Gasteiger partial charge >= 0.3 is 5.97 Å². The average Bonchev–Trinajstić information content (AvgIpc) is 3.22. The third kappa shape index (κ3) is 3.29. The van der Waals surface area contributed by atoms with Crippen LogP contribution < -0.4 is 29.0 Å². The van der Waals surface area contributed by atoms with E-state index in [1.54, 1.807) is 21.3 Å². The second-order valence-corrected chi connectivity index (χ2v) is 6.74. The van der Waals surface area contributed by atoms with Crippen LogP contribution in [0.5, 0.6) is 28.7 Å². The Kier molecular flexibility index (Phi) is 5.10. The van der Waals surface area contributed by atoms with Crippen molar-refractivity contribution in [3.8, 4) is 28.7 Å². The fraction of sp³-hybridized carbons (Fsp3) is 0.381. The Hall–Kier alpha value is -3.13. The van der Waals surface area contributed by atoms with Crippen molar-refractivity contribution in [2.24, 2.45) is 0 Å². The van der Waals surface area contributed by atoms with Crippen LogP contribution in [-0.2, 0) is 16.0 Å². The maximum atomic E-state index is 12.3. The summed E-state index contributed by atoms with van der Waals surface area (Å²) < 4.78 is 32.5. The molecule has 2 unspecified atom stereocenters. The van der Waals surface area contributed by atoms with E-state index >= 15 is 0 Å². The highest BCUT2D eigenvalue weighted by Crippen LogP contribution is 2.44. The zero-order valence-corrected chi connectivity index (χ0v) is 16.7. The first-order chi connectivity index (χ1) is 14.1. The summed E-state index contributed by atoms with van der Waals surface area (Å²) in [5.74, 6) is 2.60. The molecule has 2 aromatic carbocycles. The predicted octanol–water partition coefficient (Wildman–Crippen LogP) is 2.22. The number of carbonyl (C=O) groups is 1. The summed E-state index contributed by atoms with van der Waals surface area (Å²) in [4.78, 5) is 12.3. The van der Waals surface area contributed by atoms with Gasteiger partial charge in [-0.1, -0.05) is 0 Å². The van der Waals surface area contributed by atoms with E-state index in [2.05, 4.69) is 5.32 Å². The molecule has 0 amide bonds. The number of methoxy groups -OCH3 is 4. The molecule has 2 aliphatic heterocycles. The molecule has 0 radical (unpaired) electrons. The van der Waals surface area contributed by atoms with E-state index in [-0.39, 0.29) is 18.8 Å². The average molecular weight is 401 g/mol. The van der Waals surface area contributed by atoms with Crippen molar-refractivity contribution in [3.63, 3.8) is 0 Å². The molecular weight excluding hydrogens is 378 g/mol. The molecule has 0 aliphatic carbocycles. The molecule has 2 heterocycles. The monoisotopic (exact) mass is 401 g/mol. The molecule has 0 fully saturated rings. The summed E-state index contributed by atoms with van der Waals surface area (Å²) in [7, 11) is 6.08. The van der Waals surface area contributed by atoms with E-state index in [1.165, 1.54) is 7.11 Å². The highest BCUT2D eigenvalue weighted by molar-refractivity contribution is 5.77. The smallest absolute Gasteiger partial charge is 0.323 e. The Morgan fingerprint density at radius 1 is 0.966 bits per heavy atom. The van der Waals surface area contributed by atoms with Gasteiger partial charge in [-0.3, -0.25) is 10.1 Å². The summed E-state index contributed by atoms with van der Waals surface area (Å²) in [5.41, 5.74) is 2.83. The molecule has 0 aromatic heterocycles. The van der Waals surface area contributed by atoms with Crippen LogP contribution in [0.2, 0.25) is 0 Å². The zero-order valence-electron chi connectivity index (χ0n) is 16.7. The van der Waals surface area contributed by atoms with Gasteiger partial charge in [0, 0.05) is 0 Å². The molecule has 0 spiro atoms. The molecule has 2 aromatic rings. The van der Waals surface area contributed by atoms with Crippen molar-refractivity contribution in [1.29, 1.82) is 0 Å². The topological polar surface area (TPSA) is 84.5 Å². The minimum absolute atomic E-state index is 0.181. The standard InChI is InChI=1S/C21H23NO7/c1-24-17-7-12(8-18(25-2)20(17)26-3)19-13-9-16-15(28-10-29-16)6-11(13)5-14(22-19)21(23)27-4/h6-9,14,19,22H,5,10H2,1-4H3. The fourth-order valence-electron chi connectivity index (χ4n) is 3.85. The Morgan fingerprint density at radius 3 is 2.21 bits per heavy atom. The second kappa shape index (κ2) is 7.71. The molecule has 154 valence electrons. The van der Waals surface area contributed by atoms with Crippen LogP contribution in [0.1, 0.15) is 22.7 Å². The molecule has 2 atom stereocenters. The van der Waals surface area contributed by atoms with Crippen molar-refractivity contribution in [1.82, 2.24) is 5.32 Å². The van der Waals surface area contributed by atoms with Crippen molar-refractivity contribution in [2.45, 2.75) is 18.5 Å². The van der Waals surface area contributed by atoms with E-state index in [4.69, 9.17) is 28.4 Å². The van der Waals surface area contributed by atoms with Gasteiger partial charge in [0.25, 0.3) is 0 Å². The van der Waals surface area contributed by atoms with Crippen LogP contribution in [0.3, 0.4) is 0 Å². The number of hydrogen-bond donors (Lipinski definition) is 1. The first-order valence-electron chi connectivity index (χ1n) is 9.15. The molecule has 2 aliphatic rings. The lowest BCUT2D eigenvalue weighted by Crippen LogP contribution is -2.45. The largest absolute Gasteiger partial charge is 0.493 e. The quantitative estimate of drug-likeness (QED) is 0.764. The molecular formula is C21H23NO7. The van der Waals surface area contributed by atoms with Crippen LogP contribution in [0.25, 0.3) is 0 Å². The van der Waals surface area contributed by atoms with Crippen molar-refractivity contribution >= 4 is 5.97 Å². The number of rotatable bonds is 5. The van der Waals surface area contributed by atoms with E-state index in [9.17, 15) is 4.79 Å². The SMILES string of the molecule is COC(=O)C1Cc2cc3c(cc2C(c2cc(OC)c(OC)c(OC)c2)N1)OCO3. The first-order valence-corrected chi connectivity index (χ1v) is 9.15. The highest BCUT2D eigenvalue weighted by Gasteiger charge is 2.35. The molecule has 8 nitrogen and oxygen atoms in total.